The van der Waals surface area contributed by atoms with Crippen LogP contribution in [0.15, 0.2) is 29.6 Å². The molecule has 0 saturated heterocycles. The van der Waals surface area contributed by atoms with Crippen molar-refractivity contribution in [2.45, 2.75) is 19.4 Å². The van der Waals surface area contributed by atoms with Gasteiger partial charge in [0.1, 0.15) is 6.29 Å². The summed E-state index contributed by atoms with van der Waals surface area (Å²) in [6.45, 7) is 1.42. The molecule has 0 aliphatic rings. The Hall–Kier alpha value is -1.68. The van der Waals surface area contributed by atoms with Crippen molar-refractivity contribution in [1.29, 1.82) is 0 Å². The van der Waals surface area contributed by atoms with Gasteiger partial charge in [0.15, 0.2) is 0 Å². The van der Waals surface area contributed by atoms with E-state index in [-0.39, 0.29) is 5.91 Å². The standard InChI is InChI=1S/C13H13NO2S/c1-9(16)14-11(7-15)6-10-8-17-13-5-3-2-4-12(10)13/h2-5,7-8,11H,6H2,1H3,(H,14,16)/t11-/m0/s1. The van der Waals surface area contributed by atoms with Crippen molar-refractivity contribution in [1.82, 2.24) is 5.32 Å². The third-order valence-corrected chi connectivity index (χ3v) is 3.57. The molecule has 4 heteroatoms. The number of nitrogens with one attached hydrogen (secondary N) is 1. The van der Waals surface area contributed by atoms with Gasteiger partial charge >= 0.3 is 0 Å². The van der Waals surface area contributed by atoms with Gasteiger partial charge in [0.25, 0.3) is 0 Å². The number of hydrogen-bond acceptors (Lipinski definition) is 3. The number of carbonyl (C=O) groups excluding carboxylic acids is 2. The fourth-order valence-corrected chi connectivity index (χ4v) is 2.80. The minimum absolute atomic E-state index is 0.179. The Balaban J connectivity index is 2.22. The van der Waals surface area contributed by atoms with Crippen LogP contribution in [0.2, 0.25) is 0 Å². The second-order valence-corrected chi connectivity index (χ2v) is 4.82. The number of thiophene rings is 1. The maximum atomic E-state index is 10.9. The van der Waals surface area contributed by atoms with E-state index in [1.165, 1.54) is 11.6 Å². The monoisotopic (exact) mass is 247 g/mol. The van der Waals surface area contributed by atoms with Crippen molar-refractivity contribution >= 4 is 33.6 Å². The molecular weight excluding hydrogens is 234 g/mol. The van der Waals surface area contributed by atoms with Crippen LogP contribution in [0.4, 0.5) is 0 Å². The Kier molecular flexibility index (Phi) is 3.54. The van der Waals surface area contributed by atoms with E-state index >= 15 is 0 Å². The topological polar surface area (TPSA) is 46.2 Å². The zero-order chi connectivity index (χ0) is 12.3. The minimum Gasteiger partial charge on any atom is -0.346 e. The molecule has 0 aliphatic carbocycles. The van der Waals surface area contributed by atoms with E-state index in [9.17, 15) is 9.59 Å². The third kappa shape index (κ3) is 2.71. The lowest BCUT2D eigenvalue weighted by Gasteiger charge is -2.10. The molecule has 1 amide bonds. The minimum atomic E-state index is -0.439. The Labute approximate surface area is 103 Å². The van der Waals surface area contributed by atoms with Gasteiger partial charge in [-0.05, 0) is 22.4 Å². The molecule has 1 atom stereocenters. The molecule has 3 nitrogen and oxygen atoms in total. The number of fused-ring (bicyclic) bond motifs is 1. The summed E-state index contributed by atoms with van der Waals surface area (Å²) in [6, 6.07) is 7.63. The first kappa shape index (κ1) is 11.8. The molecule has 1 aromatic heterocycles. The lowest BCUT2D eigenvalue weighted by Crippen LogP contribution is -2.35. The lowest BCUT2D eigenvalue weighted by atomic mass is 10.1. The van der Waals surface area contributed by atoms with Gasteiger partial charge in [-0.15, -0.1) is 11.3 Å². The van der Waals surface area contributed by atoms with E-state index in [2.05, 4.69) is 11.4 Å². The molecule has 2 aromatic rings. The van der Waals surface area contributed by atoms with Crippen LogP contribution in [0.1, 0.15) is 12.5 Å². The molecule has 0 spiro atoms. The highest BCUT2D eigenvalue weighted by atomic mass is 32.1. The molecule has 0 fully saturated rings. The summed E-state index contributed by atoms with van der Waals surface area (Å²) in [5.41, 5.74) is 1.11. The third-order valence-electron chi connectivity index (χ3n) is 2.55. The Morgan fingerprint density at radius 3 is 2.94 bits per heavy atom. The quantitative estimate of drug-likeness (QED) is 0.841. The van der Waals surface area contributed by atoms with Crippen LogP contribution in [0.3, 0.4) is 0 Å². The maximum absolute atomic E-state index is 10.9. The highest BCUT2D eigenvalue weighted by Gasteiger charge is 2.12. The van der Waals surface area contributed by atoms with Crippen LogP contribution < -0.4 is 5.32 Å². The van der Waals surface area contributed by atoms with Crippen molar-refractivity contribution in [3.63, 3.8) is 0 Å². The molecule has 0 aliphatic heterocycles. The molecule has 0 radical (unpaired) electrons. The van der Waals surface area contributed by atoms with Gasteiger partial charge in [-0.2, -0.15) is 0 Å². The molecule has 0 unspecified atom stereocenters. The normalized spacial score (nSPS) is 12.3. The number of hydrogen-bond donors (Lipinski definition) is 1. The summed E-state index contributed by atoms with van der Waals surface area (Å²) in [5.74, 6) is -0.179. The predicted molar refractivity (Wildman–Crippen MR) is 69.2 cm³/mol. The number of aldehydes is 1. The summed E-state index contributed by atoms with van der Waals surface area (Å²) < 4.78 is 1.20. The first-order valence-electron chi connectivity index (χ1n) is 5.38. The zero-order valence-corrected chi connectivity index (χ0v) is 10.3. The van der Waals surface area contributed by atoms with Crippen LogP contribution in [0, 0.1) is 0 Å². The van der Waals surface area contributed by atoms with E-state index in [1.807, 2.05) is 23.6 Å². The summed E-state index contributed by atoms with van der Waals surface area (Å²) in [6.07, 6.45) is 1.33. The molecule has 0 saturated carbocycles. The van der Waals surface area contributed by atoms with E-state index in [4.69, 9.17) is 0 Å². The van der Waals surface area contributed by atoms with Gasteiger partial charge < -0.3 is 10.1 Å². The second kappa shape index (κ2) is 5.10. The van der Waals surface area contributed by atoms with Gasteiger partial charge in [0.05, 0.1) is 6.04 Å². The largest absolute Gasteiger partial charge is 0.346 e. The highest BCUT2D eigenvalue weighted by molar-refractivity contribution is 7.17. The second-order valence-electron chi connectivity index (χ2n) is 3.90. The molecular formula is C13H13NO2S. The van der Waals surface area contributed by atoms with Crippen LogP contribution in [0.5, 0.6) is 0 Å². The predicted octanol–water partition coefficient (Wildman–Crippen LogP) is 2.15. The van der Waals surface area contributed by atoms with Crippen molar-refractivity contribution in [3.8, 4) is 0 Å². The summed E-state index contributed by atoms with van der Waals surface area (Å²) in [7, 11) is 0. The average Bonchev–Trinajstić information content (AvgIpc) is 2.71. The summed E-state index contributed by atoms with van der Waals surface area (Å²) in [4.78, 5) is 21.8. The summed E-state index contributed by atoms with van der Waals surface area (Å²) in [5, 5.41) is 5.84. The molecule has 1 heterocycles. The van der Waals surface area contributed by atoms with Crippen molar-refractivity contribution in [2.75, 3.05) is 0 Å². The molecule has 1 N–H and O–H groups in total. The summed E-state index contributed by atoms with van der Waals surface area (Å²) >= 11 is 1.66. The molecule has 0 bridgehead atoms. The SMILES string of the molecule is CC(=O)N[C@H](C=O)Cc1csc2ccccc12. The maximum Gasteiger partial charge on any atom is 0.217 e. The van der Waals surface area contributed by atoms with Crippen molar-refractivity contribution in [2.24, 2.45) is 0 Å². The molecule has 17 heavy (non-hydrogen) atoms. The molecule has 2 rings (SSSR count). The van der Waals surface area contributed by atoms with Crippen LogP contribution >= 0.6 is 11.3 Å². The van der Waals surface area contributed by atoms with Crippen LogP contribution in [0.25, 0.3) is 10.1 Å². The smallest absolute Gasteiger partial charge is 0.217 e. The lowest BCUT2D eigenvalue weighted by molar-refractivity contribution is -0.122. The van der Waals surface area contributed by atoms with E-state index < -0.39 is 6.04 Å². The highest BCUT2D eigenvalue weighted by Crippen LogP contribution is 2.26. The van der Waals surface area contributed by atoms with Crippen molar-refractivity contribution in [3.05, 3.63) is 35.2 Å². The van der Waals surface area contributed by atoms with Gasteiger partial charge in [-0.3, -0.25) is 4.79 Å². The Morgan fingerprint density at radius 2 is 2.24 bits per heavy atom. The zero-order valence-electron chi connectivity index (χ0n) is 9.47. The van der Waals surface area contributed by atoms with Crippen molar-refractivity contribution < 1.29 is 9.59 Å². The van der Waals surface area contributed by atoms with Crippen LogP contribution in [-0.4, -0.2) is 18.2 Å². The van der Waals surface area contributed by atoms with Gasteiger partial charge in [0.2, 0.25) is 5.91 Å². The van der Waals surface area contributed by atoms with Gasteiger partial charge in [-0.25, -0.2) is 0 Å². The number of amides is 1. The van der Waals surface area contributed by atoms with E-state index in [0.29, 0.717) is 6.42 Å². The first-order valence-corrected chi connectivity index (χ1v) is 6.26. The average molecular weight is 247 g/mol. The van der Waals surface area contributed by atoms with E-state index in [0.717, 1.165) is 17.2 Å². The van der Waals surface area contributed by atoms with E-state index in [1.54, 1.807) is 11.3 Å². The van der Waals surface area contributed by atoms with Gasteiger partial charge in [-0.1, -0.05) is 18.2 Å². The molecule has 88 valence electrons. The van der Waals surface area contributed by atoms with Crippen LogP contribution in [-0.2, 0) is 16.0 Å². The number of benzene rings is 1. The first-order chi connectivity index (χ1) is 8.20. The van der Waals surface area contributed by atoms with Gasteiger partial charge in [0, 0.05) is 18.0 Å². The number of rotatable bonds is 4. The number of carbonyl (C=O) groups is 2. The Morgan fingerprint density at radius 1 is 1.47 bits per heavy atom. The molecule has 1 aromatic carbocycles. The fourth-order valence-electron chi connectivity index (χ4n) is 1.82. The fraction of sp³-hybridized carbons (Fsp3) is 0.231. The Bertz CT molecular complexity index is 547.